The Bertz CT molecular complexity index is 681. The molecule has 2 saturated heterocycles. The van der Waals surface area contributed by atoms with E-state index in [0.29, 0.717) is 17.6 Å². The van der Waals surface area contributed by atoms with Crippen LogP contribution in [0.25, 0.3) is 0 Å². The van der Waals surface area contributed by atoms with Crippen LogP contribution in [0.1, 0.15) is 36.5 Å². The standard InChI is InChI=1S/C16H23N3O3S/c1-12-4-2-3-9-19(12)14-10-18(11-14)16(20)13-5-7-15(8-6-13)23(17,21)22/h5-8,12,14H,2-4,9-11H2,1H3,(H2,17,21,22)/t12-/m0/s1. The maximum absolute atomic E-state index is 12.4. The van der Waals surface area contributed by atoms with Crippen LogP contribution in [0.3, 0.4) is 0 Å². The first-order valence-corrected chi connectivity index (χ1v) is 9.59. The largest absolute Gasteiger partial charge is 0.335 e. The number of piperidine rings is 1. The second-order valence-corrected chi connectivity index (χ2v) is 8.08. The van der Waals surface area contributed by atoms with Gasteiger partial charge in [-0.15, -0.1) is 0 Å². The van der Waals surface area contributed by atoms with Crippen molar-refractivity contribution in [2.24, 2.45) is 5.14 Å². The van der Waals surface area contributed by atoms with Gasteiger partial charge in [0.1, 0.15) is 0 Å². The molecule has 7 heteroatoms. The molecule has 0 unspecified atom stereocenters. The zero-order valence-electron chi connectivity index (χ0n) is 13.3. The number of primary sulfonamides is 1. The summed E-state index contributed by atoms with van der Waals surface area (Å²) < 4.78 is 22.5. The van der Waals surface area contributed by atoms with E-state index in [1.165, 1.54) is 43.5 Å². The number of carbonyl (C=O) groups excluding carboxylic acids is 1. The second-order valence-electron chi connectivity index (χ2n) is 6.52. The summed E-state index contributed by atoms with van der Waals surface area (Å²) in [5.74, 6) is -0.0492. The Morgan fingerprint density at radius 3 is 2.39 bits per heavy atom. The summed E-state index contributed by atoms with van der Waals surface area (Å²) in [7, 11) is -3.72. The van der Waals surface area contributed by atoms with Gasteiger partial charge in [-0.25, -0.2) is 13.6 Å². The normalized spacial score (nSPS) is 23.6. The molecule has 3 rings (SSSR count). The van der Waals surface area contributed by atoms with Crippen molar-refractivity contribution in [2.45, 2.75) is 43.2 Å². The van der Waals surface area contributed by atoms with Crippen LogP contribution in [-0.2, 0) is 10.0 Å². The Labute approximate surface area is 137 Å². The van der Waals surface area contributed by atoms with E-state index in [0.717, 1.165) is 19.6 Å². The molecule has 0 aliphatic carbocycles. The minimum absolute atomic E-state index is 0.0256. The molecule has 1 atom stereocenters. The van der Waals surface area contributed by atoms with E-state index in [2.05, 4.69) is 11.8 Å². The number of sulfonamides is 1. The SMILES string of the molecule is C[C@H]1CCCCN1C1CN(C(=O)c2ccc(S(N)(=O)=O)cc2)C1. The molecule has 2 N–H and O–H groups in total. The molecule has 2 aliphatic rings. The minimum atomic E-state index is -3.72. The molecular formula is C16H23N3O3S. The van der Waals surface area contributed by atoms with Crippen LogP contribution in [0.4, 0.5) is 0 Å². The zero-order valence-corrected chi connectivity index (χ0v) is 14.1. The lowest BCUT2D eigenvalue weighted by Gasteiger charge is -2.49. The number of rotatable bonds is 3. The van der Waals surface area contributed by atoms with Gasteiger partial charge in [-0.2, -0.15) is 0 Å². The summed E-state index contributed by atoms with van der Waals surface area (Å²) >= 11 is 0. The first-order chi connectivity index (χ1) is 10.9. The third-order valence-corrected chi connectivity index (χ3v) is 5.83. The van der Waals surface area contributed by atoms with E-state index in [1.54, 1.807) is 0 Å². The summed E-state index contributed by atoms with van der Waals surface area (Å²) in [4.78, 5) is 16.8. The van der Waals surface area contributed by atoms with E-state index in [4.69, 9.17) is 5.14 Å². The maximum Gasteiger partial charge on any atom is 0.253 e. The highest BCUT2D eigenvalue weighted by molar-refractivity contribution is 7.89. The van der Waals surface area contributed by atoms with Gasteiger partial charge in [-0.05, 0) is 50.6 Å². The fourth-order valence-corrected chi connectivity index (χ4v) is 3.98. The number of nitrogens with two attached hydrogens (primary N) is 1. The fourth-order valence-electron chi connectivity index (χ4n) is 3.46. The number of carbonyl (C=O) groups is 1. The average molecular weight is 337 g/mol. The third-order valence-electron chi connectivity index (χ3n) is 4.90. The monoisotopic (exact) mass is 337 g/mol. The quantitative estimate of drug-likeness (QED) is 0.893. The first kappa shape index (κ1) is 16.4. The highest BCUT2D eigenvalue weighted by Gasteiger charge is 2.37. The van der Waals surface area contributed by atoms with Crippen molar-refractivity contribution in [1.82, 2.24) is 9.80 Å². The van der Waals surface area contributed by atoms with E-state index in [9.17, 15) is 13.2 Å². The molecule has 0 bridgehead atoms. The van der Waals surface area contributed by atoms with Crippen molar-refractivity contribution in [3.8, 4) is 0 Å². The van der Waals surface area contributed by atoms with Crippen molar-refractivity contribution in [2.75, 3.05) is 19.6 Å². The summed E-state index contributed by atoms with van der Waals surface area (Å²) in [6, 6.07) is 6.87. The molecule has 1 amide bonds. The van der Waals surface area contributed by atoms with Gasteiger partial charge in [0.25, 0.3) is 5.91 Å². The van der Waals surface area contributed by atoms with Gasteiger partial charge in [-0.3, -0.25) is 9.69 Å². The zero-order chi connectivity index (χ0) is 16.6. The topological polar surface area (TPSA) is 83.7 Å². The van der Waals surface area contributed by atoms with Crippen LogP contribution in [0.2, 0.25) is 0 Å². The number of nitrogens with zero attached hydrogens (tertiary/aromatic N) is 2. The Kier molecular flexibility index (Phi) is 4.44. The average Bonchev–Trinajstić information content (AvgIpc) is 2.47. The van der Waals surface area contributed by atoms with E-state index < -0.39 is 10.0 Å². The number of hydrogen-bond donors (Lipinski definition) is 1. The summed E-state index contributed by atoms with van der Waals surface area (Å²) in [5, 5.41) is 5.07. The molecular weight excluding hydrogens is 314 g/mol. The molecule has 126 valence electrons. The number of likely N-dealkylation sites (tertiary alicyclic amines) is 2. The molecule has 23 heavy (non-hydrogen) atoms. The summed E-state index contributed by atoms with van der Waals surface area (Å²) in [6.45, 7) is 4.88. The van der Waals surface area contributed by atoms with Crippen LogP contribution in [0.5, 0.6) is 0 Å². The maximum atomic E-state index is 12.4. The Hall–Kier alpha value is -1.44. The molecule has 2 heterocycles. The van der Waals surface area contributed by atoms with Crippen LogP contribution in [0.15, 0.2) is 29.2 Å². The number of hydrogen-bond acceptors (Lipinski definition) is 4. The van der Waals surface area contributed by atoms with Crippen molar-refractivity contribution < 1.29 is 13.2 Å². The van der Waals surface area contributed by atoms with Crippen LogP contribution in [0, 0.1) is 0 Å². The van der Waals surface area contributed by atoms with Gasteiger partial charge in [0.05, 0.1) is 4.90 Å². The van der Waals surface area contributed by atoms with Gasteiger partial charge in [0, 0.05) is 30.7 Å². The van der Waals surface area contributed by atoms with Crippen molar-refractivity contribution in [3.63, 3.8) is 0 Å². The molecule has 6 nitrogen and oxygen atoms in total. The lowest BCUT2D eigenvalue weighted by atomic mass is 9.97. The van der Waals surface area contributed by atoms with Crippen LogP contribution >= 0.6 is 0 Å². The van der Waals surface area contributed by atoms with Crippen molar-refractivity contribution >= 4 is 15.9 Å². The molecule has 2 aliphatic heterocycles. The predicted octanol–water partition coefficient (Wildman–Crippen LogP) is 1.03. The third kappa shape index (κ3) is 3.41. The van der Waals surface area contributed by atoms with Crippen molar-refractivity contribution in [1.29, 1.82) is 0 Å². The highest BCUT2D eigenvalue weighted by Crippen LogP contribution is 2.25. The predicted molar refractivity (Wildman–Crippen MR) is 87.5 cm³/mol. The van der Waals surface area contributed by atoms with E-state index in [1.807, 2.05) is 4.90 Å². The Morgan fingerprint density at radius 2 is 1.83 bits per heavy atom. The highest BCUT2D eigenvalue weighted by atomic mass is 32.2. The number of benzene rings is 1. The summed E-state index contributed by atoms with van der Waals surface area (Å²) in [6.07, 6.45) is 3.77. The smallest absolute Gasteiger partial charge is 0.253 e. The molecule has 0 aromatic heterocycles. The van der Waals surface area contributed by atoms with Crippen molar-refractivity contribution in [3.05, 3.63) is 29.8 Å². The molecule has 0 radical (unpaired) electrons. The molecule has 0 saturated carbocycles. The number of amides is 1. The van der Waals surface area contributed by atoms with E-state index in [-0.39, 0.29) is 10.8 Å². The second kappa shape index (κ2) is 6.22. The molecule has 1 aromatic carbocycles. The lowest BCUT2D eigenvalue weighted by Crippen LogP contribution is -2.63. The Morgan fingerprint density at radius 1 is 1.17 bits per heavy atom. The lowest BCUT2D eigenvalue weighted by molar-refractivity contribution is 0.00212. The van der Waals surface area contributed by atoms with E-state index >= 15 is 0 Å². The van der Waals surface area contributed by atoms with Gasteiger partial charge in [0.15, 0.2) is 0 Å². The Balaban J connectivity index is 1.60. The van der Waals surface area contributed by atoms with Crippen LogP contribution < -0.4 is 5.14 Å². The molecule has 2 fully saturated rings. The first-order valence-electron chi connectivity index (χ1n) is 8.04. The molecule has 1 aromatic rings. The summed E-state index contributed by atoms with van der Waals surface area (Å²) in [5.41, 5.74) is 0.502. The van der Waals surface area contributed by atoms with Crippen LogP contribution in [-0.4, -0.2) is 55.8 Å². The minimum Gasteiger partial charge on any atom is -0.335 e. The molecule has 0 spiro atoms. The van der Waals surface area contributed by atoms with Gasteiger partial charge in [-0.1, -0.05) is 6.42 Å². The van der Waals surface area contributed by atoms with Gasteiger partial charge < -0.3 is 4.90 Å². The fraction of sp³-hybridized carbons (Fsp3) is 0.562. The van der Waals surface area contributed by atoms with Gasteiger partial charge >= 0.3 is 0 Å². The van der Waals surface area contributed by atoms with Gasteiger partial charge in [0.2, 0.25) is 10.0 Å².